The molecule has 6 aromatic carbocycles. The van der Waals surface area contributed by atoms with Crippen molar-refractivity contribution in [2.75, 3.05) is 0 Å². The first-order valence-electron chi connectivity index (χ1n) is 14.1. The third kappa shape index (κ3) is 3.46. The van der Waals surface area contributed by atoms with E-state index in [9.17, 15) is 0 Å². The minimum absolute atomic E-state index is 0.673. The molecule has 3 heterocycles. The second-order valence-electron chi connectivity index (χ2n) is 10.6. The van der Waals surface area contributed by atoms with Gasteiger partial charge in [-0.15, -0.1) is 11.3 Å². The van der Waals surface area contributed by atoms with Crippen LogP contribution in [0.2, 0.25) is 0 Å². The molecule has 0 radical (unpaired) electrons. The number of hydrogen-bond donors (Lipinski definition) is 0. The molecule has 0 aliphatic heterocycles. The molecule has 0 bridgehead atoms. The summed E-state index contributed by atoms with van der Waals surface area (Å²) < 4.78 is 4.88. The second kappa shape index (κ2) is 9.10. The number of aromatic nitrogens is 3. The molecule has 3 aromatic heterocycles. The number of benzene rings is 6. The predicted octanol–water partition coefficient (Wildman–Crippen LogP) is 10.4. The lowest BCUT2D eigenvalue weighted by Gasteiger charge is -2.11. The SMILES string of the molecule is c1ccc(-c2cc(-c3ccccc3)nc(-n3c4ccccc4c4c5sc6c7ccccc7ccc6c5ccc43)n2)cc1. The Balaban J connectivity index is 1.39. The highest BCUT2D eigenvalue weighted by atomic mass is 32.1. The minimum Gasteiger partial charge on any atom is -0.278 e. The number of hydrogen-bond acceptors (Lipinski definition) is 3. The molecule has 0 saturated heterocycles. The molecule has 0 fully saturated rings. The Bertz CT molecular complexity index is 2400. The fourth-order valence-corrected chi connectivity index (χ4v) is 7.67. The number of nitrogens with zero attached hydrogens (tertiary/aromatic N) is 3. The highest BCUT2D eigenvalue weighted by Gasteiger charge is 2.20. The van der Waals surface area contributed by atoms with Gasteiger partial charge in [-0.05, 0) is 29.0 Å². The van der Waals surface area contributed by atoms with E-state index in [2.05, 4.69) is 132 Å². The molecule has 196 valence electrons. The van der Waals surface area contributed by atoms with Gasteiger partial charge in [-0.1, -0.05) is 121 Å². The molecule has 0 atom stereocenters. The first-order chi connectivity index (χ1) is 20.8. The molecule has 3 nitrogen and oxygen atoms in total. The number of para-hydroxylation sites is 1. The molecule has 0 unspecified atom stereocenters. The molecular formula is C38H23N3S. The monoisotopic (exact) mass is 553 g/mol. The molecule has 0 aliphatic rings. The number of fused-ring (bicyclic) bond motifs is 9. The summed E-state index contributed by atoms with van der Waals surface area (Å²) in [6, 6.07) is 49.2. The van der Waals surface area contributed by atoms with Crippen molar-refractivity contribution in [1.29, 1.82) is 0 Å². The summed E-state index contributed by atoms with van der Waals surface area (Å²) in [5.74, 6) is 0.673. The smallest absolute Gasteiger partial charge is 0.235 e. The summed E-state index contributed by atoms with van der Waals surface area (Å²) in [6.07, 6.45) is 0. The summed E-state index contributed by atoms with van der Waals surface area (Å²) in [7, 11) is 0. The molecule has 9 aromatic rings. The highest BCUT2D eigenvalue weighted by Crippen LogP contribution is 2.45. The van der Waals surface area contributed by atoms with Gasteiger partial charge in [-0.3, -0.25) is 4.57 Å². The van der Waals surface area contributed by atoms with Crippen molar-refractivity contribution in [3.8, 4) is 28.5 Å². The lowest BCUT2D eigenvalue weighted by molar-refractivity contribution is 0.996. The van der Waals surface area contributed by atoms with Crippen LogP contribution in [0, 0.1) is 0 Å². The first kappa shape index (κ1) is 23.4. The molecule has 0 saturated carbocycles. The third-order valence-corrected chi connectivity index (χ3v) is 9.49. The largest absolute Gasteiger partial charge is 0.278 e. The van der Waals surface area contributed by atoms with Crippen LogP contribution < -0.4 is 0 Å². The summed E-state index contributed by atoms with van der Waals surface area (Å²) in [4.78, 5) is 10.4. The Hall–Kier alpha value is -5.32. The summed E-state index contributed by atoms with van der Waals surface area (Å²) in [5, 5.41) is 7.64. The van der Waals surface area contributed by atoms with E-state index in [4.69, 9.17) is 9.97 Å². The lowest BCUT2D eigenvalue weighted by Crippen LogP contribution is -2.03. The Morgan fingerprint density at radius 3 is 1.79 bits per heavy atom. The summed E-state index contributed by atoms with van der Waals surface area (Å²) in [6.45, 7) is 0. The van der Waals surface area contributed by atoms with Gasteiger partial charge in [0.1, 0.15) is 0 Å². The molecule has 0 aliphatic carbocycles. The fraction of sp³-hybridized carbons (Fsp3) is 0. The molecule has 0 N–H and O–H groups in total. The second-order valence-corrected chi connectivity index (χ2v) is 11.6. The zero-order chi connectivity index (χ0) is 27.6. The van der Waals surface area contributed by atoms with E-state index < -0.39 is 0 Å². The molecule has 0 amide bonds. The van der Waals surface area contributed by atoms with Crippen molar-refractivity contribution >= 4 is 64.1 Å². The zero-order valence-electron chi connectivity index (χ0n) is 22.5. The Morgan fingerprint density at radius 1 is 0.452 bits per heavy atom. The Morgan fingerprint density at radius 2 is 1.05 bits per heavy atom. The lowest BCUT2D eigenvalue weighted by atomic mass is 10.0. The minimum atomic E-state index is 0.673. The van der Waals surface area contributed by atoms with Gasteiger partial charge in [-0.2, -0.15) is 0 Å². The molecule has 42 heavy (non-hydrogen) atoms. The van der Waals surface area contributed by atoms with Crippen LogP contribution in [0.15, 0.2) is 140 Å². The van der Waals surface area contributed by atoms with E-state index in [-0.39, 0.29) is 0 Å². The van der Waals surface area contributed by atoms with Crippen molar-refractivity contribution in [3.63, 3.8) is 0 Å². The van der Waals surface area contributed by atoms with Crippen LogP contribution in [-0.4, -0.2) is 14.5 Å². The van der Waals surface area contributed by atoms with Crippen LogP contribution in [0.5, 0.6) is 0 Å². The Labute approximate surface area is 246 Å². The predicted molar refractivity (Wildman–Crippen MR) is 178 cm³/mol. The van der Waals surface area contributed by atoms with Gasteiger partial charge in [0.2, 0.25) is 5.95 Å². The summed E-state index contributed by atoms with van der Waals surface area (Å²) >= 11 is 1.89. The van der Waals surface area contributed by atoms with Crippen LogP contribution in [-0.2, 0) is 0 Å². The van der Waals surface area contributed by atoms with Crippen molar-refractivity contribution in [1.82, 2.24) is 14.5 Å². The van der Waals surface area contributed by atoms with Gasteiger partial charge >= 0.3 is 0 Å². The Kier molecular flexibility index (Phi) is 5.07. The van der Waals surface area contributed by atoms with Crippen LogP contribution in [0.25, 0.3) is 81.2 Å². The number of thiophene rings is 1. The maximum absolute atomic E-state index is 5.19. The van der Waals surface area contributed by atoms with E-state index in [0.717, 1.165) is 33.5 Å². The van der Waals surface area contributed by atoms with Gasteiger partial charge in [0.15, 0.2) is 0 Å². The third-order valence-electron chi connectivity index (χ3n) is 8.22. The maximum atomic E-state index is 5.19. The van der Waals surface area contributed by atoms with Crippen LogP contribution in [0.4, 0.5) is 0 Å². The molecule has 9 rings (SSSR count). The fourth-order valence-electron chi connectivity index (χ4n) is 6.28. The maximum Gasteiger partial charge on any atom is 0.235 e. The van der Waals surface area contributed by atoms with Gasteiger partial charge < -0.3 is 0 Å². The average Bonchev–Trinajstić information content (AvgIpc) is 3.61. The van der Waals surface area contributed by atoms with E-state index in [1.165, 1.54) is 41.7 Å². The van der Waals surface area contributed by atoms with E-state index in [1.54, 1.807) is 0 Å². The van der Waals surface area contributed by atoms with Crippen LogP contribution >= 0.6 is 11.3 Å². The van der Waals surface area contributed by atoms with E-state index >= 15 is 0 Å². The standard InChI is InChI=1S/C38H23N3S/c1-3-12-25(13-4-1)31-23-32(26-14-5-2-6-15-26)40-38(39-31)41-33-18-10-9-17-30(33)35-34(41)22-21-29-28-20-19-24-11-7-8-16-27(24)36(28)42-37(29)35/h1-23H. The van der Waals surface area contributed by atoms with Crippen molar-refractivity contribution < 1.29 is 0 Å². The first-order valence-corrected chi connectivity index (χ1v) is 14.9. The van der Waals surface area contributed by atoms with E-state index in [0.29, 0.717) is 5.95 Å². The summed E-state index contributed by atoms with van der Waals surface area (Å²) in [5.41, 5.74) is 6.16. The number of rotatable bonds is 3. The van der Waals surface area contributed by atoms with Gasteiger partial charge in [0, 0.05) is 42.1 Å². The van der Waals surface area contributed by atoms with Crippen molar-refractivity contribution in [2.24, 2.45) is 0 Å². The van der Waals surface area contributed by atoms with Crippen molar-refractivity contribution in [3.05, 3.63) is 140 Å². The van der Waals surface area contributed by atoms with Crippen molar-refractivity contribution in [2.45, 2.75) is 0 Å². The molecule has 4 heteroatoms. The normalized spacial score (nSPS) is 11.8. The topological polar surface area (TPSA) is 30.7 Å². The quantitative estimate of drug-likeness (QED) is 0.218. The average molecular weight is 554 g/mol. The zero-order valence-corrected chi connectivity index (χ0v) is 23.3. The van der Waals surface area contributed by atoms with E-state index in [1.807, 2.05) is 23.5 Å². The van der Waals surface area contributed by atoms with Gasteiger partial charge in [0.05, 0.1) is 22.4 Å². The van der Waals surface area contributed by atoms with Gasteiger partial charge in [-0.25, -0.2) is 9.97 Å². The molecule has 0 spiro atoms. The van der Waals surface area contributed by atoms with Gasteiger partial charge in [0.25, 0.3) is 0 Å². The van der Waals surface area contributed by atoms with Crippen LogP contribution in [0.1, 0.15) is 0 Å². The molecular weight excluding hydrogens is 531 g/mol. The van der Waals surface area contributed by atoms with Crippen LogP contribution in [0.3, 0.4) is 0 Å². The highest BCUT2D eigenvalue weighted by molar-refractivity contribution is 7.27.